The van der Waals surface area contributed by atoms with E-state index in [4.69, 9.17) is 31.7 Å². The second kappa shape index (κ2) is 13.4. The van der Waals surface area contributed by atoms with Gasteiger partial charge in [0.05, 0.1) is 12.3 Å². The van der Waals surface area contributed by atoms with Gasteiger partial charge in [-0.15, -0.1) is 0 Å². The first-order valence-electron chi connectivity index (χ1n) is 23.5. The summed E-state index contributed by atoms with van der Waals surface area (Å²) in [5, 5.41) is 1.20. The van der Waals surface area contributed by atoms with Gasteiger partial charge in [-0.25, -0.2) is 15.0 Å². The molecule has 1 aliphatic carbocycles. The van der Waals surface area contributed by atoms with E-state index in [1.807, 2.05) is 60.7 Å². The average molecular weight is 753 g/mol. The van der Waals surface area contributed by atoms with Crippen molar-refractivity contribution in [1.82, 2.24) is 15.0 Å². The van der Waals surface area contributed by atoms with E-state index < -0.39 is 59.9 Å². The van der Waals surface area contributed by atoms with E-state index in [1.165, 1.54) is 22.3 Å². The highest BCUT2D eigenvalue weighted by atomic mass is 16.3. The molecule has 11 rings (SSSR count). The quantitative estimate of drug-likeness (QED) is 0.170. The fourth-order valence-electron chi connectivity index (χ4n) is 8.21. The summed E-state index contributed by atoms with van der Waals surface area (Å²) in [4.78, 5) is 15.0. The molecule has 0 N–H and O–H groups in total. The summed E-state index contributed by atoms with van der Waals surface area (Å²) >= 11 is 0. The topological polar surface area (TPSA) is 51.8 Å². The number of hydrogen-bond acceptors (Lipinski definition) is 4. The van der Waals surface area contributed by atoms with Crippen LogP contribution in [0.5, 0.6) is 0 Å². The number of nitrogens with zero attached hydrogens (tertiary/aromatic N) is 3. The second-order valence-electron chi connectivity index (χ2n) is 14.9. The lowest BCUT2D eigenvalue weighted by Crippen LogP contribution is -2.14. The van der Waals surface area contributed by atoms with Gasteiger partial charge in [0, 0.05) is 32.9 Å². The normalized spacial score (nSPS) is 15.0. The molecular weight excluding hydrogens is 707 g/mol. The molecule has 0 aliphatic heterocycles. The SMILES string of the molecule is [2H]c1c([2H])c([2H])c(-c2c([2H])c([2H])c(-c3cccc4oc5cc(-c6nc(-c7ccccc7)nc(-c7cccc(-c8ccc9c(c8)-c8ccccc8C9(C)C)c7)n6)ccc5c34)c([2H])c2[2H])c([2H])c1[2H]. The molecule has 0 radical (unpaired) electrons. The maximum absolute atomic E-state index is 9.15. The molecule has 2 heterocycles. The molecule has 0 saturated heterocycles. The maximum Gasteiger partial charge on any atom is 0.164 e. The van der Waals surface area contributed by atoms with Crippen molar-refractivity contribution in [2.75, 3.05) is 0 Å². The van der Waals surface area contributed by atoms with Crippen LogP contribution in [0.25, 0.3) is 101 Å². The number of rotatable bonds is 6. The van der Waals surface area contributed by atoms with Gasteiger partial charge in [0.15, 0.2) is 17.5 Å². The highest BCUT2D eigenvalue weighted by molar-refractivity contribution is 6.13. The molecule has 2 aromatic heterocycles. The van der Waals surface area contributed by atoms with Crippen LogP contribution in [0, 0.1) is 0 Å². The zero-order chi connectivity index (χ0) is 46.6. The molecule has 4 heteroatoms. The van der Waals surface area contributed by atoms with Gasteiger partial charge in [0.2, 0.25) is 0 Å². The summed E-state index contributed by atoms with van der Waals surface area (Å²) in [7, 11) is 0. The lowest BCUT2D eigenvalue weighted by Gasteiger charge is -2.21. The molecule has 10 aromatic rings. The van der Waals surface area contributed by atoms with Crippen molar-refractivity contribution in [2.24, 2.45) is 0 Å². The Morgan fingerprint density at radius 3 is 1.81 bits per heavy atom. The molecule has 0 amide bonds. The highest BCUT2D eigenvalue weighted by Crippen LogP contribution is 2.49. The van der Waals surface area contributed by atoms with Crippen molar-refractivity contribution >= 4 is 21.9 Å². The lowest BCUT2D eigenvalue weighted by atomic mass is 9.82. The minimum absolute atomic E-state index is 0.0196. The van der Waals surface area contributed by atoms with E-state index in [9.17, 15) is 0 Å². The molecule has 4 nitrogen and oxygen atoms in total. The first-order chi connectivity index (χ1) is 32.2. The number of fused-ring (bicyclic) bond motifs is 6. The van der Waals surface area contributed by atoms with E-state index in [-0.39, 0.29) is 16.5 Å². The predicted molar refractivity (Wildman–Crippen MR) is 237 cm³/mol. The van der Waals surface area contributed by atoms with Crippen LogP contribution in [0.4, 0.5) is 0 Å². The first kappa shape index (κ1) is 25.7. The summed E-state index contributed by atoms with van der Waals surface area (Å²) in [6.45, 7) is 4.55. The molecule has 0 fully saturated rings. The van der Waals surface area contributed by atoms with E-state index >= 15 is 0 Å². The molecular formula is C54H37N3O. The van der Waals surface area contributed by atoms with E-state index in [0.717, 1.165) is 22.3 Å². The summed E-state index contributed by atoms with van der Waals surface area (Å²) < 4.78 is 84.1. The van der Waals surface area contributed by atoms with Crippen LogP contribution >= 0.6 is 0 Å². The molecule has 274 valence electrons. The molecule has 0 atom stereocenters. The number of benzene rings is 8. The Bertz CT molecular complexity index is 3680. The molecule has 0 unspecified atom stereocenters. The van der Waals surface area contributed by atoms with Gasteiger partial charge < -0.3 is 4.42 Å². The van der Waals surface area contributed by atoms with Gasteiger partial charge in [-0.1, -0.05) is 171 Å². The summed E-state index contributed by atoms with van der Waals surface area (Å²) in [6.07, 6.45) is 0. The third-order valence-corrected chi connectivity index (χ3v) is 11.1. The minimum Gasteiger partial charge on any atom is -0.456 e. The fraction of sp³-hybridized carbons (Fsp3) is 0.0556. The van der Waals surface area contributed by atoms with Crippen LogP contribution in [0.2, 0.25) is 0 Å². The van der Waals surface area contributed by atoms with Crippen LogP contribution in [0.3, 0.4) is 0 Å². The third kappa shape index (κ3) is 5.64. The monoisotopic (exact) mass is 752 g/mol. The van der Waals surface area contributed by atoms with Crippen LogP contribution in [0.15, 0.2) is 192 Å². The van der Waals surface area contributed by atoms with E-state index in [1.54, 1.807) is 18.2 Å². The average Bonchev–Trinajstić information content (AvgIpc) is 3.84. The van der Waals surface area contributed by atoms with Gasteiger partial charge in [-0.3, -0.25) is 0 Å². The van der Waals surface area contributed by atoms with Gasteiger partial charge in [0.25, 0.3) is 0 Å². The lowest BCUT2D eigenvalue weighted by molar-refractivity contribution is 0.660. The van der Waals surface area contributed by atoms with Gasteiger partial charge >= 0.3 is 0 Å². The van der Waals surface area contributed by atoms with Gasteiger partial charge in [-0.05, 0) is 86.0 Å². The summed E-state index contributed by atoms with van der Waals surface area (Å²) in [5.74, 6) is 1.39. The Morgan fingerprint density at radius 2 is 1.00 bits per heavy atom. The second-order valence-corrected chi connectivity index (χ2v) is 14.9. The van der Waals surface area contributed by atoms with Crippen molar-refractivity contribution in [1.29, 1.82) is 0 Å². The summed E-state index contributed by atoms with van der Waals surface area (Å²) in [6, 6.07) is 38.9. The molecule has 0 spiro atoms. The van der Waals surface area contributed by atoms with Crippen LogP contribution in [0.1, 0.15) is 37.3 Å². The molecule has 1 aliphatic rings. The maximum atomic E-state index is 9.15. The molecule has 0 saturated carbocycles. The Labute approximate surface area is 349 Å². The van der Waals surface area contributed by atoms with Crippen molar-refractivity contribution in [3.8, 4) is 78.7 Å². The van der Waals surface area contributed by atoms with E-state index in [0.29, 0.717) is 50.5 Å². The van der Waals surface area contributed by atoms with Gasteiger partial charge in [-0.2, -0.15) is 0 Å². The van der Waals surface area contributed by atoms with Crippen molar-refractivity contribution < 1.29 is 16.8 Å². The minimum atomic E-state index is -0.633. The largest absolute Gasteiger partial charge is 0.456 e. The zero-order valence-corrected chi connectivity index (χ0v) is 31.5. The fourth-order valence-corrected chi connectivity index (χ4v) is 8.21. The number of aromatic nitrogens is 3. The van der Waals surface area contributed by atoms with E-state index in [2.05, 4.69) is 68.4 Å². The Balaban J connectivity index is 1.02. The summed E-state index contributed by atoms with van der Waals surface area (Å²) in [5.41, 5.74) is 9.89. The Hall–Kier alpha value is -7.43. The highest BCUT2D eigenvalue weighted by Gasteiger charge is 2.35. The van der Waals surface area contributed by atoms with Crippen molar-refractivity contribution in [3.05, 3.63) is 199 Å². The smallest absolute Gasteiger partial charge is 0.164 e. The molecule has 8 aromatic carbocycles. The predicted octanol–water partition coefficient (Wildman–Crippen LogP) is 14.1. The standard InChI is InChI=1S/C54H37N3O/c1-54(2)46-21-10-9-19-43(46)45-32-39(28-30-47(45)54)38-17-11-18-40(31-38)52-55-51(37-15-7-4-8-16-37)56-53(57-52)41-27-29-44-49(33-41)58-48-22-12-20-42(50(44)48)36-25-23-35(24-26-36)34-13-5-3-6-14-34/h3-33H,1-2H3/i3D,5D,6D,13D,14D,23D,24D,25D,26D. The number of furan rings is 1. The Morgan fingerprint density at radius 1 is 0.414 bits per heavy atom. The van der Waals surface area contributed by atoms with Crippen molar-refractivity contribution in [2.45, 2.75) is 19.3 Å². The third-order valence-electron chi connectivity index (χ3n) is 11.1. The molecule has 0 bridgehead atoms. The first-order valence-corrected chi connectivity index (χ1v) is 19.0. The zero-order valence-electron chi connectivity index (χ0n) is 40.5. The van der Waals surface area contributed by atoms with Crippen LogP contribution < -0.4 is 0 Å². The van der Waals surface area contributed by atoms with Crippen LogP contribution in [-0.4, -0.2) is 15.0 Å². The number of hydrogen-bond donors (Lipinski definition) is 0. The molecule has 58 heavy (non-hydrogen) atoms. The van der Waals surface area contributed by atoms with Crippen LogP contribution in [-0.2, 0) is 5.41 Å². The van der Waals surface area contributed by atoms with Gasteiger partial charge in [0.1, 0.15) is 11.2 Å². The Kier molecular flexibility index (Phi) is 5.91. The van der Waals surface area contributed by atoms with Crippen molar-refractivity contribution in [3.63, 3.8) is 0 Å².